The quantitative estimate of drug-likeness (QED) is 0.877. The molecule has 0 aromatic heterocycles. The van der Waals surface area contributed by atoms with E-state index in [0.29, 0.717) is 11.6 Å². The molecular weight excluding hydrogens is 239 g/mol. The van der Waals surface area contributed by atoms with Crippen LogP contribution < -0.4 is 10.6 Å². The van der Waals surface area contributed by atoms with Gasteiger partial charge in [-0.15, -0.1) is 0 Å². The number of rotatable bonds is 5. The van der Waals surface area contributed by atoms with Gasteiger partial charge in [0, 0.05) is 24.3 Å². The summed E-state index contributed by atoms with van der Waals surface area (Å²) < 4.78 is 13.8. The predicted molar refractivity (Wildman–Crippen MR) is 78.9 cm³/mol. The highest BCUT2D eigenvalue weighted by molar-refractivity contribution is 5.57. The molecule has 3 heteroatoms. The zero-order valence-corrected chi connectivity index (χ0v) is 12.4. The predicted octanol–water partition coefficient (Wildman–Crippen LogP) is 3.78. The van der Waals surface area contributed by atoms with E-state index >= 15 is 0 Å². The van der Waals surface area contributed by atoms with Crippen molar-refractivity contribution >= 4 is 5.69 Å². The van der Waals surface area contributed by atoms with Gasteiger partial charge in [0.05, 0.1) is 0 Å². The molecule has 1 saturated carbocycles. The van der Waals surface area contributed by atoms with Crippen molar-refractivity contribution in [2.45, 2.75) is 52.6 Å². The van der Waals surface area contributed by atoms with Gasteiger partial charge in [-0.1, -0.05) is 0 Å². The Kier molecular flexibility index (Phi) is 4.14. The van der Waals surface area contributed by atoms with Gasteiger partial charge in [0.25, 0.3) is 0 Å². The molecule has 0 heterocycles. The van der Waals surface area contributed by atoms with Crippen molar-refractivity contribution in [2.24, 2.45) is 11.7 Å². The van der Waals surface area contributed by atoms with Gasteiger partial charge < -0.3 is 10.6 Å². The zero-order valence-electron chi connectivity index (χ0n) is 12.4. The van der Waals surface area contributed by atoms with Crippen molar-refractivity contribution in [3.05, 3.63) is 29.1 Å². The summed E-state index contributed by atoms with van der Waals surface area (Å²) >= 11 is 0. The molecule has 1 atom stereocenters. The first-order valence-electron chi connectivity index (χ1n) is 7.22. The third-order valence-electron chi connectivity index (χ3n) is 3.88. The molecular formula is C16H25FN2. The van der Waals surface area contributed by atoms with Crippen LogP contribution in [0.3, 0.4) is 0 Å². The molecule has 0 spiro atoms. The van der Waals surface area contributed by atoms with E-state index in [1.165, 1.54) is 12.8 Å². The highest BCUT2D eigenvalue weighted by atomic mass is 19.1. The van der Waals surface area contributed by atoms with E-state index < -0.39 is 0 Å². The fourth-order valence-electron chi connectivity index (χ4n) is 2.46. The summed E-state index contributed by atoms with van der Waals surface area (Å²) in [6.45, 7) is 9.17. The number of halogens is 1. The molecule has 0 saturated heterocycles. The normalized spacial score (nSPS) is 16.8. The maximum atomic E-state index is 13.8. The Bertz CT molecular complexity index is 450. The van der Waals surface area contributed by atoms with E-state index in [4.69, 9.17) is 5.73 Å². The highest BCUT2D eigenvalue weighted by Crippen LogP contribution is 2.35. The molecule has 2 rings (SSSR count). The molecule has 0 bridgehead atoms. The lowest BCUT2D eigenvalue weighted by Crippen LogP contribution is -2.34. The first-order valence-corrected chi connectivity index (χ1v) is 7.22. The Morgan fingerprint density at radius 3 is 2.42 bits per heavy atom. The third kappa shape index (κ3) is 3.27. The topological polar surface area (TPSA) is 29.3 Å². The summed E-state index contributed by atoms with van der Waals surface area (Å²) in [6.07, 6.45) is 2.63. The second kappa shape index (κ2) is 5.49. The van der Waals surface area contributed by atoms with Gasteiger partial charge in [-0.05, 0) is 69.7 Å². The highest BCUT2D eigenvalue weighted by Gasteiger charge is 2.27. The first-order chi connectivity index (χ1) is 8.90. The van der Waals surface area contributed by atoms with E-state index in [1.54, 1.807) is 6.07 Å². The van der Waals surface area contributed by atoms with Gasteiger partial charge in [0.15, 0.2) is 0 Å². The SMILES string of the molecule is Cc1cc(N(CC2CC2)C(C)C)c(C(C)N)cc1F. The Morgan fingerprint density at radius 2 is 1.95 bits per heavy atom. The minimum absolute atomic E-state index is 0.148. The Labute approximate surface area is 115 Å². The third-order valence-corrected chi connectivity index (χ3v) is 3.88. The summed E-state index contributed by atoms with van der Waals surface area (Å²) in [5.41, 5.74) is 8.74. The molecule has 19 heavy (non-hydrogen) atoms. The van der Waals surface area contributed by atoms with E-state index in [-0.39, 0.29) is 11.9 Å². The molecule has 2 N–H and O–H groups in total. The number of benzene rings is 1. The molecule has 1 aliphatic carbocycles. The van der Waals surface area contributed by atoms with Crippen LogP contribution in [0, 0.1) is 18.7 Å². The summed E-state index contributed by atoms with van der Waals surface area (Å²) in [5, 5.41) is 0. The van der Waals surface area contributed by atoms with Crippen LogP contribution in [-0.2, 0) is 0 Å². The van der Waals surface area contributed by atoms with Gasteiger partial charge in [0.2, 0.25) is 0 Å². The number of aryl methyl sites for hydroxylation is 1. The molecule has 1 aliphatic rings. The van der Waals surface area contributed by atoms with Crippen LogP contribution in [0.4, 0.5) is 10.1 Å². The number of hydrogen-bond acceptors (Lipinski definition) is 2. The van der Waals surface area contributed by atoms with Gasteiger partial charge in [-0.2, -0.15) is 0 Å². The van der Waals surface area contributed by atoms with E-state index in [1.807, 2.05) is 19.9 Å². The minimum atomic E-state index is -0.161. The fraction of sp³-hybridized carbons (Fsp3) is 0.625. The van der Waals surface area contributed by atoms with E-state index in [0.717, 1.165) is 23.7 Å². The van der Waals surface area contributed by atoms with Crippen LogP contribution in [-0.4, -0.2) is 12.6 Å². The molecule has 0 radical (unpaired) electrons. The smallest absolute Gasteiger partial charge is 0.126 e. The average Bonchev–Trinajstić information content (AvgIpc) is 3.12. The fourth-order valence-corrected chi connectivity index (χ4v) is 2.46. The van der Waals surface area contributed by atoms with Crippen LogP contribution in [0.25, 0.3) is 0 Å². The van der Waals surface area contributed by atoms with Crippen LogP contribution in [0.5, 0.6) is 0 Å². The second-order valence-electron chi connectivity index (χ2n) is 6.14. The van der Waals surface area contributed by atoms with Crippen LogP contribution in [0.15, 0.2) is 12.1 Å². The summed E-state index contributed by atoms with van der Waals surface area (Å²) in [6, 6.07) is 3.82. The number of anilines is 1. The van der Waals surface area contributed by atoms with Crippen molar-refractivity contribution in [1.82, 2.24) is 0 Å². The van der Waals surface area contributed by atoms with Crippen LogP contribution >= 0.6 is 0 Å². The number of nitrogens with two attached hydrogens (primary N) is 1. The Hall–Kier alpha value is -1.09. The maximum Gasteiger partial charge on any atom is 0.126 e. The summed E-state index contributed by atoms with van der Waals surface area (Å²) in [4.78, 5) is 2.38. The summed E-state index contributed by atoms with van der Waals surface area (Å²) in [7, 11) is 0. The molecule has 1 aromatic carbocycles. The van der Waals surface area contributed by atoms with Gasteiger partial charge >= 0.3 is 0 Å². The lowest BCUT2D eigenvalue weighted by atomic mass is 10.0. The molecule has 1 fully saturated rings. The van der Waals surface area contributed by atoms with Crippen molar-refractivity contribution in [1.29, 1.82) is 0 Å². The van der Waals surface area contributed by atoms with Crippen LogP contribution in [0.1, 0.15) is 50.8 Å². The zero-order chi connectivity index (χ0) is 14.2. The van der Waals surface area contributed by atoms with Crippen LogP contribution in [0.2, 0.25) is 0 Å². The lowest BCUT2D eigenvalue weighted by molar-refractivity contribution is 0.605. The minimum Gasteiger partial charge on any atom is -0.369 e. The maximum absolute atomic E-state index is 13.8. The van der Waals surface area contributed by atoms with Gasteiger partial charge in [-0.3, -0.25) is 0 Å². The Morgan fingerprint density at radius 1 is 1.32 bits per heavy atom. The summed E-state index contributed by atoms with van der Waals surface area (Å²) in [5.74, 6) is 0.639. The van der Waals surface area contributed by atoms with Crippen molar-refractivity contribution in [3.8, 4) is 0 Å². The standard InChI is InChI=1S/C16H25FN2/c1-10(2)19(9-13-5-6-13)16-7-11(3)15(17)8-14(16)12(4)18/h7-8,10,12-13H,5-6,9,18H2,1-4H3. The largest absolute Gasteiger partial charge is 0.369 e. The molecule has 1 aromatic rings. The monoisotopic (exact) mass is 264 g/mol. The first kappa shape index (κ1) is 14.3. The molecule has 2 nitrogen and oxygen atoms in total. The van der Waals surface area contributed by atoms with E-state index in [9.17, 15) is 4.39 Å². The Balaban J connectivity index is 2.41. The lowest BCUT2D eigenvalue weighted by Gasteiger charge is -2.32. The van der Waals surface area contributed by atoms with E-state index in [2.05, 4.69) is 18.7 Å². The molecule has 0 amide bonds. The molecule has 1 unspecified atom stereocenters. The average molecular weight is 264 g/mol. The van der Waals surface area contributed by atoms with Gasteiger partial charge in [0.1, 0.15) is 5.82 Å². The van der Waals surface area contributed by atoms with Crippen molar-refractivity contribution in [3.63, 3.8) is 0 Å². The molecule has 0 aliphatic heterocycles. The number of nitrogens with zero attached hydrogens (tertiary/aromatic N) is 1. The van der Waals surface area contributed by atoms with Crippen molar-refractivity contribution in [2.75, 3.05) is 11.4 Å². The second-order valence-corrected chi connectivity index (χ2v) is 6.14. The van der Waals surface area contributed by atoms with Crippen molar-refractivity contribution < 1.29 is 4.39 Å². The number of hydrogen-bond donors (Lipinski definition) is 1. The van der Waals surface area contributed by atoms with Gasteiger partial charge in [-0.25, -0.2) is 4.39 Å². The molecule has 106 valence electrons.